The van der Waals surface area contributed by atoms with Crippen molar-refractivity contribution >= 4 is 53.8 Å². The molecule has 0 nitrogen and oxygen atoms in total. The third-order valence-electron chi connectivity index (χ3n) is 6.15. The lowest BCUT2D eigenvalue weighted by molar-refractivity contribution is 1.70. The van der Waals surface area contributed by atoms with E-state index in [4.69, 9.17) is 1.37 Å². The summed E-state index contributed by atoms with van der Waals surface area (Å²) in [6.07, 6.45) is 0. The van der Waals surface area contributed by atoms with Crippen molar-refractivity contribution in [3.8, 4) is 11.1 Å². The highest BCUT2D eigenvalue weighted by Gasteiger charge is 2.22. The van der Waals surface area contributed by atoms with Gasteiger partial charge in [-0.2, -0.15) is 0 Å². The SMILES string of the molecule is [2H]c1ccc2ccccc2c1-c1c(P(c2ccccc2)c2ccccc2)ccc2ccccc12.[B]. The molecule has 0 aliphatic heterocycles. The molecule has 34 heavy (non-hydrogen) atoms. The maximum absolute atomic E-state index is 9.02. The van der Waals surface area contributed by atoms with Crippen LogP contribution in [0.3, 0.4) is 0 Å². The lowest BCUT2D eigenvalue weighted by Gasteiger charge is -2.24. The monoisotopic (exact) mass is 450 g/mol. The quantitative estimate of drug-likeness (QED) is 0.200. The predicted octanol–water partition coefficient (Wildman–Crippen LogP) is 7.04. The van der Waals surface area contributed by atoms with Crippen LogP contribution in [0.25, 0.3) is 32.7 Å². The minimum atomic E-state index is -0.815. The fraction of sp³-hybridized carbons (Fsp3) is 0. The summed E-state index contributed by atoms with van der Waals surface area (Å²) in [6.45, 7) is 0. The zero-order chi connectivity index (χ0) is 22.9. The van der Waals surface area contributed by atoms with Gasteiger partial charge in [-0.3, -0.25) is 0 Å². The Morgan fingerprint density at radius 2 is 0.971 bits per heavy atom. The lowest BCUT2D eigenvalue weighted by atomic mass is 9.94. The smallest absolute Gasteiger partial charge is 0.0622 e. The van der Waals surface area contributed by atoms with Crippen LogP contribution in [-0.4, -0.2) is 8.41 Å². The van der Waals surface area contributed by atoms with E-state index in [2.05, 4.69) is 127 Å². The maximum Gasteiger partial charge on any atom is 0.0629 e. The average molecular weight is 450 g/mol. The minimum absolute atomic E-state index is 0. The first-order valence-corrected chi connectivity index (χ1v) is 12.6. The Hall–Kier alpha value is -3.67. The van der Waals surface area contributed by atoms with Crippen LogP contribution in [0, 0.1) is 0 Å². The Labute approximate surface area is 205 Å². The number of rotatable bonds is 4. The Kier molecular flexibility index (Phi) is 5.95. The Bertz CT molecular complexity index is 1570. The van der Waals surface area contributed by atoms with E-state index in [1.807, 2.05) is 6.07 Å². The van der Waals surface area contributed by atoms with Crippen molar-refractivity contribution in [2.75, 3.05) is 0 Å². The molecular formula is C32H23BP. The van der Waals surface area contributed by atoms with Gasteiger partial charge in [-0.15, -0.1) is 0 Å². The van der Waals surface area contributed by atoms with Gasteiger partial charge in [0.25, 0.3) is 0 Å². The first-order valence-electron chi connectivity index (χ1n) is 11.7. The van der Waals surface area contributed by atoms with Crippen molar-refractivity contribution in [3.63, 3.8) is 0 Å². The summed E-state index contributed by atoms with van der Waals surface area (Å²) in [7, 11) is -0.815. The van der Waals surface area contributed by atoms with Gasteiger partial charge in [0.2, 0.25) is 0 Å². The van der Waals surface area contributed by atoms with Crippen LogP contribution >= 0.6 is 7.92 Å². The van der Waals surface area contributed by atoms with Gasteiger partial charge in [0.05, 0.1) is 1.37 Å². The van der Waals surface area contributed by atoms with Crippen molar-refractivity contribution in [2.24, 2.45) is 0 Å². The predicted molar refractivity (Wildman–Crippen MR) is 151 cm³/mol. The molecule has 0 aliphatic carbocycles. The van der Waals surface area contributed by atoms with E-state index in [1.54, 1.807) is 0 Å². The van der Waals surface area contributed by atoms with Gasteiger partial charge in [-0.1, -0.05) is 140 Å². The number of hydrogen-bond donors (Lipinski definition) is 0. The van der Waals surface area contributed by atoms with Gasteiger partial charge < -0.3 is 0 Å². The van der Waals surface area contributed by atoms with Gasteiger partial charge in [-0.25, -0.2) is 0 Å². The molecule has 6 rings (SSSR count). The lowest BCUT2D eigenvalue weighted by Crippen LogP contribution is -2.22. The second kappa shape index (κ2) is 9.68. The highest BCUT2D eigenvalue weighted by Crippen LogP contribution is 2.41. The number of benzene rings is 6. The van der Waals surface area contributed by atoms with E-state index in [-0.39, 0.29) is 8.41 Å². The molecule has 0 spiro atoms. The molecule has 0 heterocycles. The molecule has 0 unspecified atom stereocenters. The Balaban J connectivity index is 0.00000253. The Morgan fingerprint density at radius 3 is 1.62 bits per heavy atom. The third kappa shape index (κ3) is 3.94. The highest BCUT2D eigenvalue weighted by atomic mass is 31.1. The van der Waals surface area contributed by atoms with Gasteiger partial charge in [0.15, 0.2) is 0 Å². The van der Waals surface area contributed by atoms with Crippen molar-refractivity contribution < 1.29 is 1.37 Å². The summed E-state index contributed by atoms with van der Waals surface area (Å²) >= 11 is 0. The first kappa shape index (κ1) is 20.9. The van der Waals surface area contributed by atoms with Gasteiger partial charge >= 0.3 is 0 Å². The first-order chi connectivity index (χ1) is 16.8. The second-order valence-corrected chi connectivity index (χ2v) is 10.3. The molecule has 6 aromatic rings. The fourth-order valence-electron chi connectivity index (χ4n) is 4.66. The van der Waals surface area contributed by atoms with E-state index in [0.717, 1.165) is 16.3 Å². The standard InChI is InChI=1S/C32H23P.B/c1-3-15-26(16-4-1)33(27-17-5-2-6-18-27)31-23-22-25-13-8-10-20-29(25)32(31)30-21-11-14-24-12-7-9-19-28(24)30;/h1-23H;/i21D;. The van der Waals surface area contributed by atoms with Crippen molar-refractivity contribution in [1.82, 2.24) is 0 Å². The van der Waals surface area contributed by atoms with Gasteiger partial charge in [0.1, 0.15) is 0 Å². The second-order valence-electron chi connectivity index (χ2n) is 8.13. The van der Waals surface area contributed by atoms with Crippen molar-refractivity contribution in [2.45, 2.75) is 0 Å². The molecule has 3 radical (unpaired) electrons. The van der Waals surface area contributed by atoms with Crippen LogP contribution in [0.15, 0.2) is 140 Å². The molecule has 0 fully saturated rings. The molecular weight excluding hydrogens is 426 g/mol. The molecule has 0 saturated carbocycles. The molecule has 0 aliphatic rings. The summed E-state index contributed by atoms with van der Waals surface area (Å²) in [5.74, 6) is 0. The zero-order valence-corrected chi connectivity index (χ0v) is 19.6. The molecule has 0 N–H and O–H groups in total. The van der Waals surface area contributed by atoms with E-state index in [9.17, 15) is 0 Å². The molecule has 159 valence electrons. The highest BCUT2D eigenvalue weighted by molar-refractivity contribution is 7.80. The van der Waals surface area contributed by atoms with Crippen LogP contribution in [0.1, 0.15) is 1.37 Å². The molecule has 0 amide bonds. The zero-order valence-electron chi connectivity index (χ0n) is 19.7. The number of hydrogen-bond acceptors (Lipinski definition) is 0. The largest absolute Gasteiger partial charge is 0.0629 e. The van der Waals surface area contributed by atoms with Gasteiger partial charge in [0, 0.05) is 8.41 Å². The molecule has 0 aromatic heterocycles. The van der Waals surface area contributed by atoms with Crippen molar-refractivity contribution in [3.05, 3.63) is 140 Å². The minimum Gasteiger partial charge on any atom is -0.0622 e. The Morgan fingerprint density at radius 1 is 0.471 bits per heavy atom. The summed E-state index contributed by atoms with van der Waals surface area (Å²) in [5, 5.41) is 8.60. The topological polar surface area (TPSA) is 0 Å². The summed E-state index contributed by atoms with van der Waals surface area (Å²) in [4.78, 5) is 0. The molecule has 0 atom stereocenters. The molecule has 0 saturated heterocycles. The summed E-state index contributed by atoms with van der Waals surface area (Å²) in [5.41, 5.74) is 2.20. The van der Waals surface area contributed by atoms with E-state index in [1.165, 1.54) is 32.2 Å². The molecule has 2 heteroatoms. The van der Waals surface area contributed by atoms with Crippen molar-refractivity contribution in [1.29, 1.82) is 0 Å². The summed E-state index contributed by atoms with van der Waals surface area (Å²) in [6, 6.07) is 47.7. The maximum atomic E-state index is 9.02. The molecule has 0 bridgehead atoms. The molecule has 6 aromatic carbocycles. The fourth-order valence-corrected chi connectivity index (χ4v) is 7.13. The number of fused-ring (bicyclic) bond motifs is 2. The van der Waals surface area contributed by atoms with E-state index >= 15 is 0 Å². The van der Waals surface area contributed by atoms with Crippen LogP contribution in [0.5, 0.6) is 0 Å². The van der Waals surface area contributed by atoms with Gasteiger partial charge in [-0.05, 0) is 56.5 Å². The van der Waals surface area contributed by atoms with Crippen LogP contribution < -0.4 is 15.9 Å². The van der Waals surface area contributed by atoms with E-state index < -0.39 is 7.92 Å². The average Bonchev–Trinajstić information content (AvgIpc) is 2.90. The summed E-state index contributed by atoms with van der Waals surface area (Å²) < 4.78 is 9.02. The van der Waals surface area contributed by atoms with Crippen LogP contribution in [0.4, 0.5) is 0 Å². The van der Waals surface area contributed by atoms with Crippen LogP contribution in [0.2, 0.25) is 0 Å². The van der Waals surface area contributed by atoms with Crippen LogP contribution in [-0.2, 0) is 0 Å². The normalized spacial score (nSPS) is 11.4. The van der Waals surface area contributed by atoms with E-state index in [0.29, 0.717) is 6.04 Å². The third-order valence-corrected chi connectivity index (χ3v) is 8.63.